The van der Waals surface area contributed by atoms with Crippen LogP contribution in [0.3, 0.4) is 0 Å². The Bertz CT molecular complexity index is 693. The Morgan fingerprint density at radius 3 is 2.78 bits per heavy atom. The second-order valence-corrected chi connectivity index (χ2v) is 4.53. The molecule has 0 fully saturated rings. The first-order valence-corrected chi connectivity index (χ1v) is 6.00. The third kappa shape index (κ3) is 1.97. The van der Waals surface area contributed by atoms with Gasteiger partial charge in [-0.3, -0.25) is 0 Å². The van der Waals surface area contributed by atoms with Crippen molar-refractivity contribution in [1.82, 2.24) is 9.97 Å². The molecule has 90 valence electrons. The fourth-order valence-electron chi connectivity index (χ4n) is 1.96. The number of hydrogen-bond donors (Lipinski definition) is 1. The summed E-state index contributed by atoms with van der Waals surface area (Å²) < 4.78 is 13.2. The number of aromatic nitrogens is 2. The molecule has 0 saturated carbocycles. The number of H-pyrrole nitrogens is 1. The van der Waals surface area contributed by atoms with Gasteiger partial charge in [0.05, 0.1) is 22.7 Å². The van der Waals surface area contributed by atoms with E-state index >= 15 is 0 Å². The van der Waals surface area contributed by atoms with Crippen LogP contribution in [0.25, 0.3) is 11.0 Å². The number of alkyl halides is 1. The van der Waals surface area contributed by atoms with Gasteiger partial charge in [-0.25, -0.2) is 9.37 Å². The lowest BCUT2D eigenvalue weighted by molar-refractivity contribution is 0.626. The highest BCUT2D eigenvalue weighted by atomic mass is 35.5. The van der Waals surface area contributed by atoms with Gasteiger partial charge in [-0.05, 0) is 35.4 Å². The number of nitrogens with zero attached hydrogens (tertiary/aromatic N) is 1. The Kier molecular flexibility index (Phi) is 2.76. The van der Waals surface area contributed by atoms with Gasteiger partial charge in [0.15, 0.2) is 0 Å². The summed E-state index contributed by atoms with van der Waals surface area (Å²) in [5.41, 5.74) is 3.46. The predicted molar refractivity (Wildman–Crippen MR) is 70.2 cm³/mol. The maximum atomic E-state index is 13.2. The largest absolute Gasteiger partial charge is 0.345 e. The Hall–Kier alpha value is -1.87. The fourth-order valence-corrected chi connectivity index (χ4v) is 2.23. The van der Waals surface area contributed by atoms with E-state index in [2.05, 4.69) is 9.97 Å². The maximum absolute atomic E-state index is 13.2. The normalized spacial score (nSPS) is 12.8. The van der Waals surface area contributed by atoms with Crippen LogP contribution in [-0.2, 0) is 0 Å². The summed E-state index contributed by atoms with van der Waals surface area (Å²) in [6.45, 7) is 0. The van der Waals surface area contributed by atoms with Crippen molar-refractivity contribution >= 4 is 22.6 Å². The molecule has 2 aromatic carbocycles. The minimum absolute atomic E-state index is 0.279. The third-order valence-corrected chi connectivity index (χ3v) is 3.38. The highest BCUT2D eigenvalue weighted by Crippen LogP contribution is 2.30. The van der Waals surface area contributed by atoms with Crippen LogP contribution in [0.4, 0.5) is 4.39 Å². The van der Waals surface area contributed by atoms with Crippen LogP contribution >= 0.6 is 11.6 Å². The molecular formula is C14H10ClFN2. The summed E-state index contributed by atoms with van der Waals surface area (Å²) in [4.78, 5) is 7.21. The molecule has 0 spiro atoms. The zero-order chi connectivity index (χ0) is 12.5. The molecular weight excluding hydrogens is 251 g/mol. The molecule has 1 unspecified atom stereocenters. The van der Waals surface area contributed by atoms with Crippen molar-refractivity contribution in [2.24, 2.45) is 0 Å². The molecule has 0 radical (unpaired) electrons. The van der Waals surface area contributed by atoms with E-state index in [1.165, 1.54) is 12.1 Å². The molecule has 4 heteroatoms. The van der Waals surface area contributed by atoms with Gasteiger partial charge in [-0.1, -0.05) is 18.2 Å². The van der Waals surface area contributed by atoms with Crippen LogP contribution < -0.4 is 0 Å². The molecule has 2 nitrogen and oxygen atoms in total. The molecule has 1 atom stereocenters. The summed E-state index contributed by atoms with van der Waals surface area (Å²) >= 11 is 6.37. The van der Waals surface area contributed by atoms with Gasteiger partial charge < -0.3 is 4.98 Å². The molecule has 1 N–H and O–H groups in total. The minimum atomic E-state index is -0.373. The minimum Gasteiger partial charge on any atom is -0.345 e. The lowest BCUT2D eigenvalue weighted by Crippen LogP contribution is -1.94. The SMILES string of the molecule is Fc1cccc(C(Cl)c2ccc3[nH]cnc3c2)c1. The third-order valence-electron chi connectivity index (χ3n) is 2.88. The molecule has 18 heavy (non-hydrogen) atoms. The molecule has 0 aliphatic heterocycles. The number of halogens is 2. The molecule has 0 saturated heterocycles. The summed E-state index contributed by atoms with van der Waals surface area (Å²) in [6, 6.07) is 12.1. The van der Waals surface area contributed by atoms with Crippen LogP contribution in [0.2, 0.25) is 0 Å². The van der Waals surface area contributed by atoms with Crippen molar-refractivity contribution in [3.05, 3.63) is 65.7 Å². The average molecular weight is 261 g/mol. The maximum Gasteiger partial charge on any atom is 0.123 e. The molecule has 3 rings (SSSR count). The van der Waals surface area contributed by atoms with E-state index in [1.54, 1.807) is 12.4 Å². The first-order chi connectivity index (χ1) is 8.74. The van der Waals surface area contributed by atoms with Crippen molar-refractivity contribution in [1.29, 1.82) is 0 Å². The lowest BCUT2D eigenvalue weighted by atomic mass is 10.0. The number of fused-ring (bicyclic) bond motifs is 1. The number of nitrogens with one attached hydrogen (secondary N) is 1. The van der Waals surface area contributed by atoms with Crippen molar-refractivity contribution in [2.75, 3.05) is 0 Å². The van der Waals surface area contributed by atoms with Crippen LogP contribution in [0.15, 0.2) is 48.8 Å². The first-order valence-electron chi connectivity index (χ1n) is 5.56. The topological polar surface area (TPSA) is 28.7 Å². The number of benzene rings is 2. The number of imidazole rings is 1. The Morgan fingerprint density at radius 1 is 1.11 bits per heavy atom. The number of aromatic amines is 1. The van der Waals surface area contributed by atoms with E-state index in [9.17, 15) is 4.39 Å². The van der Waals surface area contributed by atoms with Crippen LogP contribution in [0.5, 0.6) is 0 Å². The van der Waals surface area contributed by atoms with Crippen LogP contribution in [-0.4, -0.2) is 9.97 Å². The molecule has 1 aromatic heterocycles. The zero-order valence-corrected chi connectivity index (χ0v) is 10.2. The number of rotatable bonds is 2. The van der Waals surface area contributed by atoms with Gasteiger partial charge in [0, 0.05) is 0 Å². The summed E-state index contributed by atoms with van der Waals surface area (Å²) in [5.74, 6) is -0.279. The Morgan fingerprint density at radius 2 is 1.94 bits per heavy atom. The zero-order valence-electron chi connectivity index (χ0n) is 9.40. The second kappa shape index (κ2) is 4.42. The summed E-state index contributed by atoms with van der Waals surface area (Å²) in [6.07, 6.45) is 1.64. The molecule has 3 aromatic rings. The van der Waals surface area contributed by atoms with Gasteiger partial charge in [-0.15, -0.1) is 11.6 Å². The van der Waals surface area contributed by atoms with Gasteiger partial charge in [0.2, 0.25) is 0 Å². The highest BCUT2D eigenvalue weighted by Gasteiger charge is 2.12. The van der Waals surface area contributed by atoms with Crippen molar-refractivity contribution in [2.45, 2.75) is 5.38 Å². The van der Waals surface area contributed by atoms with Gasteiger partial charge in [0.1, 0.15) is 5.82 Å². The van der Waals surface area contributed by atoms with Crippen molar-refractivity contribution in [3.8, 4) is 0 Å². The lowest BCUT2D eigenvalue weighted by Gasteiger charge is -2.10. The first kappa shape index (κ1) is 11.2. The van der Waals surface area contributed by atoms with E-state index in [-0.39, 0.29) is 11.2 Å². The molecule has 1 heterocycles. The summed E-state index contributed by atoms with van der Waals surface area (Å²) in [5, 5.41) is -0.373. The Balaban J connectivity index is 2.02. The van der Waals surface area contributed by atoms with Gasteiger partial charge >= 0.3 is 0 Å². The van der Waals surface area contributed by atoms with E-state index in [0.29, 0.717) is 0 Å². The fraction of sp³-hybridized carbons (Fsp3) is 0.0714. The molecule has 0 aliphatic carbocycles. The molecule has 0 amide bonds. The van der Waals surface area contributed by atoms with E-state index in [1.807, 2.05) is 24.3 Å². The predicted octanol–water partition coefficient (Wildman–Crippen LogP) is 4.03. The number of hydrogen-bond acceptors (Lipinski definition) is 1. The van der Waals surface area contributed by atoms with Crippen LogP contribution in [0.1, 0.15) is 16.5 Å². The van der Waals surface area contributed by atoms with Gasteiger partial charge in [-0.2, -0.15) is 0 Å². The quantitative estimate of drug-likeness (QED) is 0.693. The van der Waals surface area contributed by atoms with Crippen molar-refractivity contribution < 1.29 is 4.39 Å². The second-order valence-electron chi connectivity index (χ2n) is 4.10. The monoisotopic (exact) mass is 260 g/mol. The van der Waals surface area contributed by atoms with Crippen molar-refractivity contribution in [3.63, 3.8) is 0 Å². The smallest absolute Gasteiger partial charge is 0.123 e. The van der Waals surface area contributed by atoms with E-state index in [0.717, 1.165) is 22.2 Å². The van der Waals surface area contributed by atoms with E-state index < -0.39 is 0 Å². The summed E-state index contributed by atoms with van der Waals surface area (Å²) in [7, 11) is 0. The van der Waals surface area contributed by atoms with Gasteiger partial charge in [0.25, 0.3) is 0 Å². The average Bonchev–Trinajstić information content (AvgIpc) is 2.85. The van der Waals surface area contributed by atoms with Crippen LogP contribution in [0, 0.1) is 5.82 Å². The van der Waals surface area contributed by atoms with E-state index in [4.69, 9.17) is 11.6 Å². The highest BCUT2D eigenvalue weighted by molar-refractivity contribution is 6.22. The Labute approximate surface area is 108 Å². The molecule has 0 bridgehead atoms. The molecule has 0 aliphatic rings. The standard InChI is InChI=1S/C14H10ClFN2/c15-14(9-2-1-3-11(16)6-9)10-4-5-12-13(7-10)18-8-17-12/h1-8,14H,(H,17,18).